The van der Waals surface area contributed by atoms with Gasteiger partial charge in [0, 0.05) is 42.7 Å². The molecule has 1 aromatic heterocycles. The summed E-state index contributed by atoms with van der Waals surface area (Å²) in [4.78, 5) is 31.8. The molecular formula is C25H25N3O5. The molecule has 33 heavy (non-hydrogen) atoms. The van der Waals surface area contributed by atoms with Gasteiger partial charge < -0.3 is 24.0 Å². The number of ether oxygens (including phenoxy) is 2. The van der Waals surface area contributed by atoms with Crippen molar-refractivity contribution in [2.45, 2.75) is 19.0 Å². The van der Waals surface area contributed by atoms with Crippen molar-refractivity contribution in [2.75, 3.05) is 20.8 Å². The monoisotopic (exact) mass is 447 g/mol. The Balaban J connectivity index is 1.78. The van der Waals surface area contributed by atoms with E-state index in [1.807, 2.05) is 16.8 Å². The van der Waals surface area contributed by atoms with Crippen molar-refractivity contribution >= 4 is 17.4 Å². The van der Waals surface area contributed by atoms with Gasteiger partial charge in [-0.2, -0.15) is 0 Å². The van der Waals surface area contributed by atoms with Gasteiger partial charge in [0.2, 0.25) is 0 Å². The summed E-state index contributed by atoms with van der Waals surface area (Å²) < 4.78 is 12.8. The summed E-state index contributed by atoms with van der Waals surface area (Å²) in [5.74, 6) is -0.549. The number of imidazole rings is 1. The van der Waals surface area contributed by atoms with E-state index in [1.165, 1.54) is 12.0 Å². The number of Topliss-reactive ketones (excluding diaryl/α,β-unsaturated/α-hetero) is 1. The van der Waals surface area contributed by atoms with E-state index in [1.54, 1.807) is 62.1 Å². The van der Waals surface area contributed by atoms with Gasteiger partial charge in [0.1, 0.15) is 17.3 Å². The normalized spacial score (nSPS) is 17.4. The van der Waals surface area contributed by atoms with Crippen LogP contribution in [0.25, 0.3) is 5.76 Å². The third-order valence-electron chi connectivity index (χ3n) is 5.70. The molecule has 8 nitrogen and oxygen atoms in total. The highest BCUT2D eigenvalue weighted by atomic mass is 16.5. The first-order chi connectivity index (χ1) is 16.0. The first kappa shape index (κ1) is 22.1. The molecule has 2 aromatic carbocycles. The van der Waals surface area contributed by atoms with Gasteiger partial charge in [-0.25, -0.2) is 4.98 Å². The van der Waals surface area contributed by atoms with Crippen LogP contribution in [-0.2, 0) is 16.1 Å². The Morgan fingerprint density at radius 2 is 1.85 bits per heavy atom. The molecule has 8 heteroatoms. The molecular weight excluding hydrogens is 422 g/mol. The zero-order valence-corrected chi connectivity index (χ0v) is 18.5. The molecule has 1 aliphatic heterocycles. The molecule has 1 atom stereocenters. The zero-order valence-electron chi connectivity index (χ0n) is 18.5. The Kier molecular flexibility index (Phi) is 6.44. The molecule has 1 unspecified atom stereocenters. The maximum atomic E-state index is 13.1. The van der Waals surface area contributed by atoms with Gasteiger partial charge in [-0.05, 0) is 18.6 Å². The second kappa shape index (κ2) is 9.60. The molecule has 0 bridgehead atoms. The van der Waals surface area contributed by atoms with Crippen LogP contribution in [0.3, 0.4) is 0 Å². The molecule has 0 aliphatic carbocycles. The summed E-state index contributed by atoms with van der Waals surface area (Å²) in [6.45, 7) is 0.947. The topological polar surface area (TPSA) is 93.9 Å². The highest BCUT2D eigenvalue weighted by Crippen LogP contribution is 2.43. The van der Waals surface area contributed by atoms with Gasteiger partial charge >= 0.3 is 0 Å². The van der Waals surface area contributed by atoms with Gasteiger partial charge in [-0.1, -0.05) is 30.3 Å². The van der Waals surface area contributed by atoms with Crippen LogP contribution in [0.15, 0.2) is 72.8 Å². The molecule has 1 N–H and O–H groups in total. The highest BCUT2D eigenvalue weighted by molar-refractivity contribution is 6.46. The van der Waals surface area contributed by atoms with E-state index in [0.717, 1.165) is 0 Å². The number of ketones is 1. The number of rotatable bonds is 8. The van der Waals surface area contributed by atoms with Crippen molar-refractivity contribution in [2.24, 2.45) is 0 Å². The lowest BCUT2D eigenvalue weighted by Crippen LogP contribution is -2.31. The predicted octanol–water partition coefficient (Wildman–Crippen LogP) is 3.41. The van der Waals surface area contributed by atoms with Crippen molar-refractivity contribution in [1.29, 1.82) is 0 Å². The van der Waals surface area contributed by atoms with Gasteiger partial charge in [-0.15, -0.1) is 0 Å². The SMILES string of the molecule is COc1ccc(C2/C(=C(/O)c3ccccc3)C(=O)C(=O)N2CCCn2ccnc2)c(OC)c1. The number of amides is 1. The molecule has 0 spiro atoms. The van der Waals surface area contributed by atoms with Crippen LogP contribution in [0.1, 0.15) is 23.6 Å². The van der Waals surface area contributed by atoms with E-state index in [9.17, 15) is 14.7 Å². The number of methoxy groups -OCH3 is 2. The van der Waals surface area contributed by atoms with Gasteiger partial charge in [0.25, 0.3) is 11.7 Å². The Labute approximate surface area is 191 Å². The van der Waals surface area contributed by atoms with Gasteiger partial charge in [0.05, 0.1) is 32.2 Å². The molecule has 1 amide bonds. The van der Waals surface area contributed by atoms with Crippen molar-refractivity contribution in [3.8, 4) is 11.5 Å². The average molecular weight is 447 g/mol. The molecule has 170 valence electrons. The van der Waals surface area contributed by atoms with Crippen molar-refractivity contribution in [3.63, 3.8) is 0 Å². The van der Waals surface area contributed by atoms with Crippen LogP contribution < -0.4 is 9.47 Å². The number of carbonyl (C=O) groups is 2. The molecule has 4 rings (SSSR count). The number of likely N-dealkylation sites (tertiary alicyclic amines) is 1. The van der Waals surface area contributed by atoms with Crippen LogP contribution >= 0.6 is 0 Å². The minimum Gasteiger partial charge on any atom is -0.507 e. The van der Waals surface area contributed by atoms with Crippen LogP contribution in [0.2, 0.25) is 0 Å². The Bertz CT molecular complexity index is 1170. The number of hydrogen-bond acceptors (Lipinski definition) is 6. The van der Waals surface area contributed by atoms with Gasteiger partial charge in [-0.3, -0.25) is 9.59 Å². The first-order valence-electron chi connectivity index (χ1n) is 10.6. The van der Waals surface area contributed by atoms with Crippen molar-refractivity contribution < 1.29 is 24.2 Å². The number of nitrogens with zero attached hydrogens (tertiary/aromatic N) is 3. The highest BCUT2D eigenvalue weighted by Gasteiger charge is 2.46. The second-order valence-corrected chi connectivity index (χ2v) is 7.62. The average Bonchev–Trinajstić information content (AvgIpc) is 3.46. The number of benzene rings is 2. The molecule has 0 saturated carbocycles. The van der Waals surface area contributed by atoms with E-state index in [2.05, 4.69) is 4.98 Å². The summed E-state index contributed by atoms with van der Waals surface area (Å²) in [6, 6.07) is 13.1. The fourth-order valence-corrected chi connectivity index (χ4v) is 4.07. The van der Waals surface area contributed by atoms with Crippen LogP contribution in [0.4, 0.5) is 0 Å². The fraction of sp³-hybridized carbons (Fsp3) is 0.240. The summed E-state index contributed by atoms with van der Waals surface area (Å²) >= 11 is 0. The van der Waals surface area contributed by atoms with Crippen LogP contribution in [-0.4, -0.2) is 52.0 Å². The summed E-state index contributed by atoms with van der Waals surface area (Å²) in [7, 11) is 3.06. The smallest absolute Gasteiger partial charge is 0.295 e. The zero-order chi connectivity index (χ0) is 23.4. The minimum atomic E-state index is -0.797. The quantitative estimate of drug-likeness (QED) is 0.323. The molecule has 2 heterocycles. The summed E-state index contributed by atoms with van der Waals surface area (Å²) in [5.41, 5.74) is 1.10. The van der Waals surface area contributed by atoms with Crippen molar-refractivity contribution in [1.82, 2.24) is 14.5 Å². The predicted molar refractivity (Wildman–Crippen MR) is 122 cm³/mol. The largest absolute Gasteiger partial charge is 0.507 e. The van der Waals surface area contributed by atoms with E-state index < -0.39 is 17.7 Å². The van der Waals surface area contributed by atoms with E-state index >= 15 is 0 Å². The van der Waals surface area contributed by atoms with Crippen molar-refractivity contribution in [3.05, 3.63) is 84.0 Å². The number of aryl methyl sites for hydroxylation is 1. The number of aliphatic hydroxyl groups excluding tert-OH is 1. The fourth-order valence-electron chi connectivity index (χ4n) is 4.07. The Hall–Kier alpha value is -4.07. The summed E-state index contributed by atoms with van der Waals surface area (Å²) in [6.07, 6.45) is 5.83. The maximum absolute atomic E-state index is 13.1. The third-order valence-corrected chi connectivity index (χ3v) is 5.70. The molecule has 1 aliphatic rings. The van der Waals surface area contributed by atoms with Crippen LogP contribution in [0, 0.1) is 0 Å². The standard InChI is InChI=1S/C25H25N3O5/c1-32-18-9-10-19(20(15-18)33-2)22-21(23(29)17-7-4-3-5-8-17)24(30)25(31)28(22)13-6-12-27-14-11-26-16-27/h3-5,7-11,14-16,22,29H,6,12-13H2,1-2H3/b23-21-. The molecule has 3 aromatic rings. The van der Waals surface area contributed by atoms with Gasteiger partial charge in [0.15, 0.2) is 0 Å². The van der Waals surface area contributed by atoms with E-state index in [0.29, 0.717) is 42.1 Å². The molecule has 0 radical (unpaired) electrons. The van der Waals surface area contributed by atoms with E-state index in [-0.39, 0.29) is 11.3 Å². The lowest BCUT2D eigenvalue weighted by molar-refractivity contribution is -0.140. The number of aliphatic hydroxyl groups is 1. The Morgan fingerprint density at radius 1 is 1.06 bits per heavy atom. The third kappa shape index (κ3) is 4.32. The Morgan fingerprint density at radius 3 is 2.52 bits per heavy atom. The molecule has 1 saturated heterocycles. The number of aromatic nitrogens is 2. The number of carbonyl (C=O) groups excluding carboxylic acids is 2. The molecule has 1 fully saturated rings. The lowest BCUT2D eigenvalue weighted by Gasteiger charge is -2.27. The summed E-state index contributed by atoms with van der Waals surface area (Å²) in [5, 5.41) is 11.1. The maximum Gasteiger partial charge on any atom is 0.295 e. The first-order valence-corrected chi connectivity index (χ1v) is 10.6. The minimum absolute atomic E-state index is 0.0392. The lowest BCUT2D eigenvalue weighted by atomic mass is 9.94. The second-order valence-electron chi connectivity index (χ2n) is 7.62. The van der Waals surface area contributed by atoms with E-state index in [4.69, 9.17) is 9.47 Å². The van der Waals surface area contributed by atoms with Crippen LogP contribution in [0.5, 0.6) is 11.5 Å². The number of hydrogen-bond donors (Lipinski definition) is 1.